The molecule has 1 saturated heterocycles. The van der Waals surface area contributed by atoms with Crippen molar-refractivity contribution in [3.8, 4) is 17.2 Å². The fraction of sp³-hybridized carbons (Fsp3) is 0.296. The SMILES string of the molecule is Cc1cc(OCc2ccccc2)ccc1Oc1ccc(N2C[C@@H](C(F)(F)F)C[C@H]2CC(=O)O)cc1. The number of ether oxygens (including phenoxy) is 2. The van der Waals surface area contributed by atoms with Gasteiger partial charge in [0.2, 0.25) is 0 Å². The molecule has 0 aromatic heterocycles. The van der Waals surface area contributed by atoms with Gasteiger partial charge < -0.3 is 19.5 Å². The molecule has 3 aromatic carbocycles. The number of hydrogen-bond acceptors (Lipinski definition) is 4. The molecule has 0 bridgehead atoms. The highest BCUT2D eigenvalue weighted by Crippen LogP contribution is 2.40. The third-order valence-corrected chi connectivity index (χ3v) is 6.08. The van der Waals surface area contributed by atoms with E-state index in [1.807, 2.05) is 49.4 Å². The average molecular weight is 486 g/mol. The summed E-state index contributed by atoms with van der Waals surface area (Å²) in [7, 11) is 0. The molecule has 1 aliphatic heterocycles. The van der Waals surface area contributed by atoms with Crippen LogP contribution in [0.3, 0.4) is 0 Å². The number of aryl methyl sites for hydroxylation is 1. The van der Waals surface area contributed by atoms with Crippen LogP contribution in [0, 0.1) is 12.8 Å². The van der Waals surface area contributed by atoms with E-state index in [0.29, 0.717) is 29.5 Å². The van der Waals surface area contributed by atoms with Gasteiger partial charge >= 0.3 is 12.1 Å². The van der Waals surface area contributed by atoms with Gasteiger partial charge in [-0.3, -0.25) is 4.79 Å². The lowest BCUT2D eigenvalue weighted by Gasteiger charge is -2.26. The fourth-order valence-electron chi connectivity index (χ4n) is 4.26. The maximum Gasteiger partial charge on any atom is 0.393 e. The zero-order valence-corrected chi connectivity index (χ0v) is 19.2. The molecule has 0 aliphatic carbocycles. The van der Waals surface area contributed by atoms with Crippen LogP contribution >= 0.6 is 0 Å². The van der Waals surface area contributed by atoms with E-state index in [0.717, 1.165) is 11.1 Å². The van der Waals surface area contributed by atoms with Crippen molar-refractivity contribution < 1.29 is 32.5 Å². The van der Waals surface area contributed by atoms with E-state index in [4.69, 9.17) is 14.6 Å². The number of hydrogen-bond donors (Lipinski definition) is 1. The first-order chi connectivity index (χ1) is 16.7. The van der Waals surface area contributed by atoms with E-state index < -0.39 is 24.1 Å². The number of carboxylic acids is 1. The molecular formula is C27H26F3NO4. The number of rotatable bonds is 8. The Bertz CT molecular complexity index is 1150. The highest BCUT2D eigenvalue weighted by molar-refractivity contribution is 5.69. The molecule has 8 heteroatoms. The van der Waals surface area contributed by atoms with Gasteiger partial charge in [0, 0.05) is 18.3 Å². The van der Waals surface area contributed by atoms with Crippen LogP contribution in [-0.4, -0.2) is 29.8 Å². The first-order valence-corrected chi connectivity index (χ1v) is 11.3. The average Bonchev–Trinajstić information content (AvgIpc) is 3.24. The molecule has 0 amide bonds. The largest absolute Gasteiger partial charge is 0.489 e. The van der Waals surface area contributed by atoms with E-state index in [9.17, 15) is 18.0 Å². The van der Waals surface area contributed by atoms with Gasteiger partial charge in [0.25, 0.3) is 0 Å². The predicted molar refractivity (Wildman–Crippen MR) is 126 cm³/mol. The smallest absolute Gasteiger partial charge is 0.393 e. The Morgan fingerprint density at radius 3 is 2.34 bits per heavy atom. The van der Waals surface area contributed by atoms with Crippen molar-refractivity contribution >= 4 is 11.7 Å². The monoisotopic (exact) mass is 485 g/mol. The maximum atomic E-state index is 13.3. The van der Waals surface area contributed by atoms with Crippen molar-refractivity contribution in [1.29, 1.82) is 0 Å². The van der Waals surface area contributed by atoms with Gasteiger partial charge in [0.05, 0.1) is 12.3 Å². The lowest BCUT2D eigenvalue weighted by molar-refractivity contribution is -0.169. The maximum absolute atomic E-state index is 13.3. The third-order valence-electron chi connectivity index (χ3n) is 6.08. The summed E-state index contributed by atoms with van der Waals surface area (Å²) in [5.41, 5.74) is 2.47. The molecule has 3 aromatic rings. The second-order valence-corrected chi connectivity index (χ2v) is 8.68. The first-order valence-electron chi connectivity index (χ1n) is 11.3. The Labute approximate surface area is 201 Å². The number of benzene rings is 3. The molecular weight excluding hydrogens is 459 g/mol. The number of alkyl halides is 3. The summed E-state index contributed by atoms with van der Waals surface area (Å²) < 4.78 is 51.6. The summed E-state index contributed by atoms with van der Waals surface area (Å²) in [6.07, 6.45) is -4.93. The summed E-state index contributed by atoms with van der Waals surface area (Å²) >= 11 is 0. The summed E-state index contributed by atoms with van der Waals surface area (Å²) in [6.45, 7) is 2.10. The second-order valence-electron chi connectivity index (χ2n) is 8.68. The Kier molecular flexibility index (Phi) is 7.19. The Morgan fingerprint density at radius 1 is 1.03 bits per heavy atom. The van der Waals surface area contributed by atoms with Gasteiger partial charge in [0.1, 0.15) is 23.9 Å². The third kappa shape index (κ3) is 6.26. The zero-order valence-electron chi connectivity index (χ0n) is 19.2. The number of halogens is 3. The summed E-state index contributed by atoms with van der Waals surface area (Å²) in [6, 6.07) is 21.3. The van der Waals surface area contributed by atoms with Crippen LogP contribution in [0.5, 0.6) is 17.2 Å². The van der Waals surface area contributed by atoms with Crippen molar-refractivity contribution in [3.05, 3.63) is 83.9 Å². The summed E-state index contributed by atoms with van der Waals surface area (Å²) in [5.74, 6) is -0.794. The van der Waals surface area contributed by atoms with Crippen molar-refractivity contribution in [1.82, 2.24) is 0 Å². The molecule has 0 saturated carbocycles. The highest BCUT2D eigenvalue weighted by atomic mass is 19.4. The lowest BCUT2D eigenvalue weighted by atomic mass is 10.0. The van der Waals surface area contributed by atoms with Crippen molar-refractivity contribution in [3.63, 3.8) is 0 Å². The Balaban J connectivity index is 1.41. The molecule has 0 unspecified atom stereocenters. The van der Waals surface area contributed by atoms with Crippen LogP contribution < -0.4 is 14.4 Å². The van der Waals surface area contributed by atoms with E-state index in [1.54, 1.807) is 30.3 Å². The molecule has 1 aliphatic rings. The summed E-state index contributed by atoms with van der Waals surface area (Å²) in [4.78, 5) is 12.7. The van der Waals surface area contributed by atoms with Crippen molar-refractivity contribution in [2.24, 2.45) is 5.92 Å². The number of nitrogens with zero attached hydrogens (tertiary/aromatic N) is 1. The molecule has 184 valence electrons. The highest BCUT2D eigenvalue weighted by Gasteiger charge is 2.47. The fourth-order valence-corrected chi connectivity index (χ4v) is 4.26. The van der Waals surface area contributed by atoms with Gasteiger partial charge in [-0.05, 0) is 66.9 Å². The van der Waals surface area contributed by atoms with Crippen LogP contribution in [0.2, 0.25) is 0 Å². The second kappa shape index (κ2) is 10.3. The zero-order chi connectivity index (χ0) is 25.0. The number of carbonyl (C=O) groups is 1. The standard InChI is InChI=1S/C27H26F3NO4/c1-18-13-24(34-17-19-5-3-2-4-6-19)11-12-25(18)35-23-9-7-21(8-10-23)31-16-20(27(28,29)30)14-22(31)15-26(32)33/h2-13,20,22H,14-17H2,1H3,(H,32,33)/t20-,22-/m0/s1. The first kappa shape index (κ1) is 24.4. The van der Waals surface area contributed by atoms with Gasteiger partial charge in [-0.25, -0.2) is 0 Å². The molecule has 0 radical (unpaired) electrons. The van der Waals surface area contributed by atoms with Gasteiger partial charge in [-0.2, -0.15) is 13.2 Å². The van der Waals surface area contributed by atoms with Gasteiger partial charge in [0.15, 0.2) is 0 Å². The molecule has 2 atom stereocenters. The summed E-state index contributed by atoms with van der Waals surface area (Å²) in [5, 5.41) is 9.14. The minimum absolute atomic E-state index is 0.230. The van der Waals surface area contributed by atoms with Crippen LogP contribution in [-0.2, 0) is 11.4 Å². The van der Waals surface area contributed by atoms with Crippen molar-refractivity contribution in [2.75, 3.05) is 11.4 Å². The van der Waals surface area contributed by atoms with Crippen LogP contribution in [0.4, 0.5) is 18.9 Å². The molecule has 1 heterocycles. The Morgan fingerprint density at radius 2 is 1.71 bits per heavy atom. The van der Waals surface area contributed by atoms with E-state index in [1.165, 1.54) is 4.90 Å². The van der Waals surface area contributed by atoms with Crippen LogP contribution in [0.1, 0.15) is 24.0 Å². The predicted octanol–water partition coefficient (Wildman–Crippen LogP) is 6.60. The van der Waals surface area contributed by atoms with Gasteiger partial charge in [-0.1, -0.05) is 30.3 Å². The Hall–Kier alpha value is -3.68. The molecule has 1 N–H and O–H groups in total. The van der Waals surface area contributed by atoms with Crippen LogP contribution in [0.25, 0.3) is 0 Å². The quantitative estimate of drug-likeness (QED) is 0.390. The van der Waals surface area contributed by atoms with Gasteiger partial charge in [-0.15, -0.1) is 0 Å². The minimum atomic E-state index is -4.36. The molecule has 0 spiro atoms. The number of carboxylic acid groups (broad SMARTS) is 1. The minimum Gasteiger partial charge on any atom is -0.489 e. The van der Waals surface area contributed by atoms with E-state index in [2.05, 4.69) is 0 Å². The lowest BCUT2D eigenvalue weighted by Crippen LogP contribution is -2.32. The molecule has 35 heavy (non-hydrogen) atoms. The van der Waals surface area contributed by atoms with Crippen LogP contribution in [0.15, 0.2) is 72.8 Å². The molecule has 5 nitrogen and oxygen atoms in total. The normalized spacial score (nSPS) is 17.9. The van der Waals surface area contributed by atoms with Crippen molar-refractivity contribution in [2.45, 2.75) is 38.6 Å². The number of aliphatic carboxylic acids is 1. The van der Waals surface area contributed by atoms with E-state index in [-0.39, 0.29) is 19.4 Å². The molecule has 4 rings (SSSR count). The number of anilines is 1. The van der Waals surface area contributed by atoms with E-state index >= 15 is 0 Å². The molecule has 1 fully saturated rings. The topological polar surface area (TPSA) is 59.0 Å².